The van der Waals surface area contributed by atoms with E-state index in [0.29, 0.717) is 23.9 Å². The Morgan fingerprint density at radius 2 is 0.918 bits per heavy atom. The highest BCUT2D eigenvalue weighted by Crippen LogP contribution is 2.43. The number of ether oxygens (including phenoxy) is 2. The predicted octanol–water partition coefficient (Wildman–Crippen LogP) is 10.9. The van der Waals surface area contributed by atoms with Crippen LogP contribution >= 0.6 is 7.82 Å². The molecule has 0 aromatic carbocycles. The van der Waals surface area contributed by atoms with Crippen LogP contribution in [0.2, 0.25) is 0 Å². The SMILES string of the molecule is CCCCCCCCCCCCCCCCCCCC(=O)OCC(COP(=O)(O)OCC[N+](C)(C)C)OC(=O)CCCCCCCCCC. The number of carbonyl (C=O) groups excluding carboxylic acids is 2. The standard InChI is InChI=1S/C39H78NO8P/c1-6-8-10-12-14-16-17-18-19-20-21-22-23-24-26-27-29-31-38(41)45-35-37(36-47-49(43,44)46-34-33-40(3,4)5)48-39(42)32-30-28-25-15-13-11-9-7-2/h37H,6-36H2,1-5H3/p+1. The van der Waals surface area contributed by atoms with E-state index in [1.54, 1.807) is 0 Å². The second-order valence-corrected chi connectivity index (χ2v) is 16.5. The summed E-state index contributed by atoms with van der Waals surface area (Å²) in [6.07, 6.45) is 30.2. The van der Waals surface area contributed by atoms with Crippen LogP contribution in [-0.4, -0.2) is 74.9 Å². The van der Waals surface area contributed by atoms with Crippen molar-refractivity contribution < 1.29 is 42.1 Å². The maximum absolute atomic E-state index is 12.5. The van der Waals surface area contributed by atoms with E-state index in [1.165, 1.54) is 122 Å². The van der Waals surface area contributed by atoms with E-state index in [1.807, 2.05) is 21.1 Å². The lowest BCUT2D eigenvalue weighted by atomic mass is 10.0. The van der Waals surface area contributed by atoms with Crippen molar-refractivity contribution in [3.05, 3.63) is 0 Å². The number of rotatable bonds is 37. The largest absolute Gasteiger partial charge is 0.472 e. The number of esters is 2. The molecule has 0 aromatic rings. The third kappa shape index (κ3) is 36.6. The summed E-state index contributed by atoms with van der Waals surface area (Å²) in [6, 6.07) is 0. The second kappa shape index (κ2) is 32.9. The monoisotopic (exact) mass is 721 g/mol. The molecular weight excluding hydrogens is 641 g/mol. The van der Waals surface area contributed by atoms with Crippen LogP contribution in [0.4, 0.5) is 0 Å². The van der Waals surface area contributed by atoms with Gasteiger partial charge in [-0.2, -0.15) is 0 Å². The van der Waals surface area contributed by atoms with E-state index in [4.69, 9.17) is 18.5 Å². The molecule has 0 radical (unpaired) electrons. The van der Waals surface area contributed by atoms with Gasteiger partial charge in [0.25, 0.3) is 0 Å². The third-order valence-corrected chi connectivity index (χ3v) is 9.87. The molecule has 2 unspecified atom stereocenters. The van der Waals surface area contributed by atoms with Crippen LogP contribution in [0.5, 0.6) is 0 Å². The Balaban J connectivity index is 4.26. The fourth-order valence-electron chi connectivity index (χ4n) is 5.66. The van der Waals surface area contributed by atoms with Crippen molar-refractivity contribution in [2.24, 2.45) is 0 Å². The van der Waals surface area contributed by atoms with Gasteiger partial charge in [0.2, 0.25) is 0 Å². The number of quaternary nitrogens is 1. The zero-order chi connectivity index (χ0) is 36.5. The van der Waals surface area contributed by atoms with E-state index in [2.05, 4.69) is 13.8 Å². The molecule has 0 amide bonds. The maximum Gasteiger partial charge on any atom is 0.472 e. The van der Waals surface area contributed by atoms with Crippen LogP contribution in [-0.2, 0) is 32.7 Å². The molecule has 10 heteroatoms. The smallest absolute Gasteiger partial charge is 0.462 e. The second-order valence-electron chi connectivity index (χ2n) is 15.0. The highest BCUT2D eigenvalue weighted by atomic mass is 31.2. The van der Waals surface area contributed by atoms with Gasteiger partial charge in [0.1, 0.15) is 19.8 Å². The van der Waals surface area contributed by atoms with Crippen LogP contribution in [0, 0.1) is 0 Å². The summed E-state index contributed by atoms with van der Waals surface area (Å²) in [5, 5.41) is 0. The minimum Gasteiger partial charge on any atom is -0.462 e. The third-order valence-electron chi connectivity index (χ3n) is 8.89. The van der Waals surface area contributed by atoms with E-state index in [9.17, 15) is 19.0 Å². The fraction of sp³-hybridized carbons (Fsp3) is 0.949. The van der Waals surface area contributed by atoms with Gasteiger partial charge < -0.3 is 18.9 Å². The van der Waals surface area contributed by atoms with Crippen LogP contribution in [0.25, 0.3) is 0 Å². The summed E-state index contributed by atoms with van der Waals surface area (Å²) < 4.78 is 34.1. The molecule has 0 saturated carbocycles. The number of hydrogen-bond donors (Lipinski definition) is 1. The van der Waals surface area contributed by atoms with Crippen molar-refractivity contribution in [3.63, 3.8) is 0 Å². The Hall–Kier alpha value is -0.990. The Morgan fingerprint density at radius 1 is 0.551 bits per heavy atom. The predicted molar refractivity (Wildman–Crippen MR) is 201 cm³/mol. The normalized spacial score (nSPS) is 13.7. The van der Waals surface area contributed by atoms with Crippen LogP contribution in [0.15, 0.2) is 0 Å². The van der Waals surface area contributed by atoms with Gasteiger partial charge in [0.05, 0.1) is 27.7 Å². The Kier molecular flexibility index (Phi) is 32.2. The molecule has 0 rings (SSSR count). The van der Waals surface area contributed by atoms with E-state index in [-0.39, 0.29) is 25.6 Å². The van der Waals surface area contributed by atoms with Crippen molar-refractivity contribution >= 4 is 19.8 Å². The molecular formula is C39H79NO8P+. The molecule has 0 spiro atoms. The van der Waals surface area contributed by atoms with Crippen molar-refractivity contribution in [1.82, 2.24) is 0 Å². The number of unbranched alkanes of at least 4 members (excludes halogenated alkanes) is 23. The summed E-state index contributed by atoms with van der Waals surface area (Å²) in [4.78, 5) is 35.1. The molecule has 0 fully saturated rings. The topological polar surface area (TPSA) is 108 Å². The minimum atomic E-state index is -4.36. The Morgan fingerprint density at radius 3 is 1.31 bits per heavy atom. The molecule has 0 aliphatic carbocycles. The van der Waals surface area contributed by atoms with Crippen molar-refractivity contribution in [3.8, 4) is 0 Å². The van der Waals surface area contributed by atoms with Crippen molar-refractivity contribution in [2.75, 3.05) is 47.5 Å². The highest BCUT2D eigenvalue weighted by molar-refractivity contribution is 7.47. The first-order valence-corrected chi connectivity index (χ1v) is 21.8. The van der Waals surface area contributed by atoms with Gasteiger partial charge in [0, 0.05) is 12.8 Å². The van der Waals surface area contributed by atoms with E-state index < -0.39 is 26.5 Å². The van der Waals surface area contributed by atoms with Gasteiger partial charge >= 0.3 is 19.8 Å². The van der Waals surface area contributed by atoms with Crippen LogP contribution in [0.1, 0.15) is 187 Å². The quantitative estimate of drug-likeness (QED) is 0.0292. The molecule has 2 atom stereocenters. The van der Waals surface area contributed by atoms with Gasteiger partial charge in [0.15, 0.2) is 6.10 Å². The molecule has 9 nitrogen and oxygen atoms in total. The molecule has 0 heterocycles. The van der Waals surface area contributed by atoms with E-state index >= 15 is 0 Å². The number of hydrogen-bond acceptors (Lipinski definition) is 7. The number of likely N-dealkylation sites (N-methyl/N-ethyl adjacent to an activating group) is 1. The summed E-state index contributed by atoms with van der Waals surface area (Å²) >= 11 is 0. The first-order chi connectivity index (χ1) is 23.5. The van der Waals surface area contributed by atoms with Gasteiger partial charge in [-0.25, -0.2) is 4.57 Å². The number of phosphoric acid groups is 1. The zero-order valence-corrected chi connectivity index (χ0v) is 33.6. The molecule has 0 aliphatic rings. The summed E-state index contributed by atoms with van der Waals surface area (Å²) in [5.41, 5.74) is 0. The zero-order valence-electron chi connectivity index (χ0n) is 32.7. The van der Waals surface area contributed by atoms with Crippen molar-refractivity contribution in [2.45, 2.75) is 193 Å². The number of carbonyl (C=O) groups is 2. The summed E-state index contributed by atoms with van der Waals surface area (Å²) in [7, 11) is 1.49. The molecule has 0 bridgehead atoms. The van der Waals surface area contributed by atoms with Crippen LogP contribution < -0.4 is 0 Å². The first-order valence-electron chi connectivity index (χ1n) is 20.3. The molecule has 292 valence electrons. The Bertz CT molecular complexity index is 819. The maximum atomic E-state index is 12.5. The minimum absolute atomic E-state index is 0.0362. The summed E-state index contributed by atoms with van der Waals surface area (Å²) in [6.45, 7) is 4.40. The average Bonchev–Trinajstić information content (AvgIpc) is 3.04. The average molecular weight is 721 g/mol. The molecule has 1 N–H and O–H groups in total. The molecule has 0 saturated heterocycles. The van der Waals surface area contributed by atoms with E-state index in [0.717, 1.165) is 32.1 Å². The van der Waals surface area contributed by atoms with Gasteiger partial charge in [-0.3, -0.25) is 18.6 Å². The van der Waals surface area contributed by atoms with Gasteiger partial charge in [-0.05, 0) is 12.8 Å². The molecule has 0 aromatic heterocycles. The first kappa shape index (κ1) is 48.0. The Labute approximate surface area is 302 Å². The van der Waals surface area contributed by atoms with Crippen LogP contribution in [0.3, 0.4) is 0 Å². The summed E-state index contributed by atoms with van der Waals surface area (Å²) in [5.74, 6) is -0.793. The lowest BCUT2D eigenvalue weighted by Crippen LogP contribution is -2.37. The molecule has 49 heavy (non-hydrogen) atoms. The van der Waals surface area contributed by atoms with Gasteiger partial charge in [-0.15, -0.1) is 0 Å². The highest BCUT2D eigenvalue weighted by Gasteiger charge is 2.27. The number of phosphoric ester groups is 1. The fourth-order valence-corrected chi connectivity index (χ4v) is 6.40. The lowest BCUT2D eigenvalue weighted by Gasteiger charge is -2.24. The number of nitrogens with zero attached hydrogens (tertiary/aromatic N) is 1. The molecule has 0 aliphatic heterocycles. The van der Waals surface area contributed by atoms with Crippen molar-refractivity contribution in [1.29, 1.82) is 0 Å². The lowest BCUT2D eigenvalue weighted by molar-refractivity contribution is -0.870. The van der Waals surface area contributed by atoms with Gasteiger partial charge in [-0.1, -0.05) is 162 Å².